The molecule has 2 N–H and O–H groups in total. The van der Waals surface area contributed by atoms with E-state index in [0.29, 0.717) is 29.3 Å². The number of hydrogen-bond donors (Lipinski definition) is 2. The van der Waals surface area contributed by atoms with Gasteiger partial charge >= 0.3 is 0 Å². The zero-order chi connectivity index (χ0) is 23.5. The molecule has 10 heteroatoms. The summed E-state index contributed by atoms with van der Waals surface area (Å²) >= 11 is 0. The molecule has 0 radical (unpaired) electrons. The topological polar surface area (TPSA) is 112 Å². The van der Waals surface area contributed by atoms with Crippen LogP contribution in [-0.2, 0) is 21.2 Å². The maximum atomic E-state index is 13.9. The number of Topliss-reactive ketones (excluding diaryl/α,β-unsaturated/α-hetero) is 1. The highest BCUT2D eigenvalue weighted by atomic mass is 32.2. The number of hydrogen-bond acceptors (Lipinski definition) is 7. The van der Waals surface area contributed by atoms with Gasteiger partial charge in [0, 0.05) is 49.1 Å². The lowest BCUT2D eigenvalue weighted by molar-refractivity contribution is -0.122. The van der Waals surface area contributed by atoms with E-state index in [4.69, 9.17) is 14.9 Å². The van der Waals surface area contributed by atoms with Gasteiger partial charge in [0.1, 0.15) is 22.9 Å². The van der Waals surface area contributed by atoms with Gasteiger partial charge in [-0.3, -0.25) is 10.2 Å². The Morgan fingerprint density at radius 3 is 2.27 bits per heavy atom. The maximum absolute atomic E-state index is 13.9. The first-order valence-corrected chi connectivity index (χ1v) is 12.2. The number of sulfonamides is 1. The molecule has 172 valence electrons. The number of fused-ring (bicyclic) bond motifs is 1. The van der Waals surface area contributed by atoms with Crippen LogP contribution in [0.15, 0.2) is 53.7 Å². The number of methoxy groups -OCH3 is 2. The summed E-state index contributed by atoms with van der Waals surface area (Å²) in [5.41, 5.74) is 2.21. The Hall–Kier alpha value is -3.37. The van der Waals surface area contributed by atoms with Crippen molar-refractivity contribution in [3.63, 3.8) is 0 Å². The quantitative estimate of drug-likeness (QED) is 0.660. The number of allylic oxidation sites excluding steroid dienone is 1. The number of ether oxygens (including phenoxy) is 2. The molecule has 0 atom stereocenters. The van der Waals surface area contributed by atoms with E-state index in [1.165, 1.54) is 18.5 Å². The van der Waals surface area contributed by atoms with E-state index in [1.54, 1.807) is 23.1 Å². The Morgan fingerprint density at radius 1 is 1.06 bits per heavy atom. The minimum atomic E-state index is -3.48. The molecule has 0 amide bonds. The van der Waals surface area contributed by atoms with Crippen LogP contribution in [0.1, 0.15) is 5.56 Å². The van der Waals surface area contributed by atoms with E-state index in [0.717, 1.165) is 17.5 Å². The zero-order valence-electron chi connectivity index (χ0n) is 18.5. The van der Waals surface area contributed by atoms with Gasteiger partial charge in [-0.25, -0.2) is 8.42 Å². The predicted octanol–water partition coefficient (Wildman–Crippen LogP) is 2.01. The number of ketones is 1. The fourth-order valence-electron chi connectivity index (χ4n) is 4.75. The highest BCUT2D eigenvalue weighted by Gasteiger charge is 2.63. The Labute approximate surface area is 192 Å². The number of rotatable bonds is 4. The van der Waals surface area contributed by atoms with Gasteiger partial charge in [-0.2, -0.15) is 4.31 Å². The van der Waals surface area contributed by atoms with Gasteiger partial charge in [0.05, 0.1) is 31.7 Å². The first kappa shape index (κ1) is 21.5. The second kappa shape index (κ2) is 7.32. The number of amidine groups is 1. The Bertz CT molecular complexity index is 1280. The highest BCUT2D eigenvalue weighted by molar-refractivity contribution is 7.88. The van der Waals surface area contributed by atoms with Crippen LogP contribution in [0.25, 0.3) is 0 Å². The van der Waals surface area contributed by atoms with Crippen LogP contribution in [0.2, 0.25) is 0 Å². The van der Waals surface area contributed by atoms with Crippen molar-refractivity contribution >= 4 is 33.0 Å². The molecule has 33 heavy (non-hydrogen) atoms. The molecule has 9 nitrogen and oxygen atoms in total. The van der Waals surface area contributed by atoms with Crippen molar-refractivity contribution in [3.8, 4) is 11.5 Å². The van der Waals surface area contributed by atoms with Crippen molar-refractivity contribution in [1.82, 2.24) is 4.31 Å². The minimum absolute atomic E-state index is 0.0266. The highest BCUT2D eigenvalue weighted by Crippen LogP contribution is 2.46. The summed E-state index contributed by atoms with van der Waals surface area (Å²) in [6.45, 7) is -0.0629. The summed E-state index contributed by atoms with van der Waals surface area (Å²) in [5, 5.41) is 12.3. The molecule has 2 saturated heterocycles. The average Bonchev–Trinajstić information content (AvgIpc) is 3.27. The fourth-order valence-corrected chi connectivity index (χ4v) is 5.64. The fraction of sp³-hybridized carbons (Fsp3) is 0.304. The number of carbonyl (C=O) groups is 1. The summed E-state index contributed by atoms with van der Waals surface area (Å²) in [6.07, 6.45) is 1.62. The molecule has 5 rings (SSSR count). The molecule has 0 unspecified atom stereocenters. The SMILES string of the molecule is COc1cc(OC)cc(N2C(=N)C(=C3Cc4ccccc4N3)C(=O)C23CN(S(C)(=O)=O)C3)c1. The molecule has 0 aromatic heterocycles. The third kappa shape index (κ3) is 3.20. The summed E-state index contributed by atoms with van der Waals surface area (Å²) in [7, 11) is -0.430. The van der Waals surface area contributed by atoms with Gasteiger partial charge in [-0.1, -0.05) is 18.2 Å². The van der Waals surface area contributed by atoms with Gasteiger partial charge < -0.3 is 19.7 Å². The van der Waals surface area contributed by atoms with Crippen molar-refractivity contribution in [2.45, 2.75) is 12.0 Å². The summed E-state index contributed by atoms with van der Waals surface area (Å²) < 4.78 is 36.3. The minimum Gasteiger partial charge on any atom is -0.497 e. The van der Waals surface area contributed by atoms with Crippen molar-refractivity contribution < 1.29 is 22.7 Å². The standard InChI is InChI=1S/C23H24N4O5S/c1-31-16-9-15(10-17(11-16)32-2)27-22(24)20(19-8-14-6-4-5-7-18(14)25-19)21(28)23(27)12-26(13-23)33(3,29)30/h4-7,9-11,24-25H,8,12-13H2,1-3H3. The summed E-state index contributed by atoms with van der Waals surface area (Å²) in [5.74, 6) is 0.779. The second-order valence-electron chi connectivity index (χ2n) is 8.46. The number of anilines is 2. The van der Waals surface area contributed by atoms with E-state index in [-0.39, 0.29) is 30.3 Å². The van der Waals surface area contributed by atoms with Crippen molar-refractivity contribution in [2.24, 2.45) is 0 Å². The normalized spacial score (nSPS) is 21.7. The maximum Gasteiger partial charge on any atom is 0.211 e. The molecule has 2 aromatic rings. The molecule has 2 fully saturated rings. The van der Waals surface area contributed by atoms with Crippen molar-refractivity contribution in [2.75, 3.05) is 43.8 Å². The Morgan fingerprint density at radius 2 is 1.70 bits per heavy atom. The van der Waals surface area contributed by atoms with Crippen molar-refractivity contribution in [3.05, 3.63) is 59.3 Å². The lowest BCUT2D eigenvalue weighted by Crippen LogP contribution is -2.72. The van der Waals surface area contributed by atoms with Gasteiger partial charge in [0.15, 0.2) is 5.78 Å². The molecule has 0 saturated carbocycles. The second-order valence-corrected chi connectivity index (χ2v) is 10.4. The van der Waals surface area contributed by atoms with Crippen LogP contribution in [0.5, 0.6) is 11.5 Å². The summed E-state index contributed by atoms with van der Waals surface area (Å²) in [4.78, 5) is 15.5. The van der Waals surface area contributed by atoms with Crippen LogP contribution < -0.4 is 19.7 Å². The molecule has 0 aliphatic carbocycles. The first-order valence-electron chi connectivity index (χ1n) is 10.4. The molecular weight excluding hydrogens is 444 g/mol. The van der Waals surface area contributed by atoms with Gasteiger partial charge in [0.2, 0.25) is 10.0 Å². The predicted molar refractivity (Wildman–Crippen MR) is 125 cm³/mol. The number of benzene rings is 2. The Kier molecular flexibility index (Phi) is 4.77. The van der Waals surface area contributed by atoms with Crippen LogP contribution in [0.4, 0.5) is 11.4 Å². The molecule has 0 bridgehead atoms. The molecular formula is C23H24N4O5S. The number of nitrogens with zero attached hydrogens (tertiary/aromatic N) is 2. The lowest BCUT2D eigenvalue weighted by atomic mass is 9.85. The third-order valence-electron chi connectivity index (χ3n) is 6.45. The van der Waals surface area contributed by atoms with E-state index < -0.39 is 15.6 Å². The lowest BCUT2D eigenvalue weighted by Gasteiger charge is -2.49. The summed E-state index contributed by atoms with van der Waals surface area (Å²) in [6, 6.07) is 12.9. The van der Waals surface area contributed by atoms with E-state index in [9.17, 15) is 13.2 Å². The monoisotopic (exact) mass is 468 g/mol. The van der Waals surface area contributed by atoms with Crippen LogP contribution in [0.3, 0.4) is 0 Å². The van der Waals surface area contributed by atoms with Crippen LogP contribution in [-0.4, -0.2) is 63.4 Å². The number of para-hydroxylation sites is 1. The largest absolute Gasteiger partial charge is 0.497 e. The number of nitrogens with one attached hydrogen (secondary N) is 2. The molecule has 3 heterocycles. The van der Waals surface area contributed by atoms with Gasteiger partial charge in [0.25, 0.3) is 0 Å². The van der Waals surface area contributed by atoms with E-state index in [2.05, 4.69) is 5.32 Å². The molecule has 3 aliphatic heterocycles. The van der Waals surface area contributed by atoms with Crippen molar-refractivity contribution in [1.29, 1.82) is 5.41 Å². The molecule has 3 aliphatic rings. The van der Waals surface area contributed by atoms with Crippen LogP contribution >= 0.6 is 0 Å². The van der Waals surface area contributed by atoms with Crippen LogP contribution in [0, 0.1) is 5.41 Å². The molecule has 1 spiro atoms. The van der Waals surface area contributed by atoms with E-state index in [1.807, 2.05) is 24.3 Å². The average molecular weight is 469 g/mol. The molecule has 2 aromatic carbocycles. The zero-order valence-corrected chi connectivity index (χ0v) is 19.3. The number of carbonyl (C=O) groups excluding carboxylic acids is 1. The third-order valence-corrected chi connectivity index (χ3v) is 7.65. The Balaban J connectivity index is 1.64. The van der Waals surface area contributed by atoms with Gasteiger partial charge in [-0.05, 0) is 11.6 Å². The van der Waals surface area contributed by atoms with E-state index >= 15 is 0 Å². The first-order chi connectivity index (χ1) is 15.7. The smallest absolute Gasteiger partial charge is 0.211 e. The van der Waals surface area contributed by atoms with Gasteiger partial charge in [-0.15, -0.1) is 0 Å².